The molecule has 1 aliphatic heterocycles. The van der Waals surface area contributed by atoms with Gasteiger partial charge in [-0.2, -0.15) is 0 Å². The van der Waals surface area contributed by atoms with Crippen LogP contribution in [-0.2, 0) is 11.2 Å². The highest BCUT2D eigenvalue weighted by Gasteiger charge is 2.22. The van der Waals surface area contributed by atoms with Crippen LogP contribution in [0.1, 0.15) is 18.2 Å². The second-order valence-corrected chi connectivity index (χ2v) is 6.32. The highest BCUT2D eigenvalue weighted by Crippen LogP contribution is 2.26. The zero-order chi connectivity index (χ0) is 17.8. The minimum Gasteiger partial charge on any atom is -0.480 e. The summed E-state index contributed by atoms with van der Waals surface area (Å²) in [6.07, 6.45) is 0.861. The summed E-state index contributed by atoms with van der Waals surface area (Å²) in [5.41, 5.74) is 3.20. The van der Waals surface area contributed by atoms with E-state index in [-0.39, 0.29) is 6.54 Å². The van der Waals surface area contributed by atoms with Gasteiger partial charge >= 0.3 is 5.97 Å². The third kappa shape index (κ3) is 3.96. The fraction of sp³-hybridized carbons (Fsp3) is 0.421. The summed E-state index contributed by atoms with van der Waals surface area (Å²) in [4.78, 5) is 24.7. The van der Waals surface area contributed by atoms with Gasteiger partial charge in [-0.25, -0.2) is 9.97 Å². The van der Waals surface area contributed by atoms with Gasteiger partial charge in [-0.1, -0.05) is 37.3 Å². The lowest BCUT2D eigenvalue weighted by Crippen LogP contribution is -2.48. The Bertz CT molecular complexity index is 741. The molecule has 2 heterocycles. The van der Waals surface area contributed by atoms with E-state index >= 15 is 0 Å². The summed E-state index contributed by atoms with van der Waals surface area (Å²) in [6.45, 7) is 7.32. The Hall–Kier alpha value is -2.47. The molecule has 1 aliphatic rings. The maximum atomic E-state index is 10.9. The number of aryl methyl sites for hydroxylation is 1. The first-order chi connectivity index (χ1) is 12.1. The maximum absolute atomic E-state index is 10.9. The van der Waals surface area contributed by atoms with E-state index in [0.717, 1.165) is 61.1 Å². The molecule has 6 nitrogen and oxygen atoms in total. The highest BCUT2D eigenvalue weighted by atomic mass is 16.4. The van der Waals surface area contributed by atoms with Crippen LogP contribution in [0, 0.1) is 6.92 Å². The number of aromatic nitrogens is 2. The quantitative estimate of drug-likeness (QED) is 0.900. The monoisotopic (exact) mass is 340 g/mol. The fourth-order valence-electron chi connectivity index (χ4n) is 3.23. The van der Waals surface area contributed by atoms with Crippen LogP contribution in [0.25, 0.3) is 11.4 Å². The number of carboxylic acids is 1. The molecule has 0 unspecified atom stereocenters. The second-order valence-electron chi connectivity index (χ2n) is 6.32. The number of hydrogen-bond acceptors (Lipinski definition) is 5. The third-order valence-electron chi connectivity index (χ3n) is 4.62. The Kier molecular flexibility index (Phi) is 5.28. The first-order valence-corrected chi connectivity index (χ1v) is 8.70. The molecule has 1 N–H and O–H groups in total. The van der Waals surface area contributed by atoms with Crippen LogP contribution in [0.15, 0.2) is 30.3 Å². The van der Waals surface area contributed by atoms with E-state index in [1.165, 1.54) is 0 Å². The van der Waals surface area contributed by atoms with Gasteiger partial charge in [-0.05, 0) is 13.3 Å². The molecule has 0 atom stereocenters. The zero-order valence-electron chi connectivity index (χ0n) is 14.8. The van der Waals surface area contributed by atoms with E-state index in [4.69, 9.17) is 15.1 Å². The van der Waals surface area contributed by atoms with E-state index in [2.05, 4.69) is 18.7 Å². The van der Waals surface area contributed by atoms with Crippen molar-refractivity contribution in [1.29, 1.82) is 0 Å². The predicted molar refractivity (Wildman–Crippen MR) is 97.9 cm³/mol. The molecule has 0 radical (unpaired) electrons. The second kappa shape index (κ2) is 7.61. The van der Waals surface area contributed by atoms with Crippen molar-refractivity contribution < 1.29 is 9.90 Å². The number of aliphatic carboxylic acids is 1. The van der Waals surface area contributed by atoms with Crippen LogP contribution in [-0.4, -0.2) is 58.7 Å². The molecule has 1 fully saturated rings. The molecule has 0 bridgehead atoms. The summed E-state index contributed by atoms with van der Waals surface area (Å²) < 4.78 is 0. The Labute approximate surface area is 148 Å². The van der Waals surface area contributed by atoms with Crippen LogP contribution < -0.4 is 4.90 Å². The average molecular weight is 340 g/mol. The third-order valence-corrected chi connectivity index (χ3v) is 4.62. The molecule has 3 rings (SSSR count). The minimum atomic E-state index is -0.772. The number of piperazine rings is 1. The number of anilines is 1. The van der Waals surface area contributed by atoms with Crippen molar-refractivity contribution in [2.45, 2.75) is 20.3 Å². The van der Waals surface area contributed by atoms with Gasteiger partial charge < -0.3 is 10.0 Å². The van der Waals surface area contributed by atoms with E-state index in [9.17, 15) is 4.79 Å². The van der Waals surface area contributed by atoms with Crippen molar-refractivity contribution in [3.63, 3.8) is 0 Å². The molecular weight excluding hydrogens is 316 g/mol. The molecule has 1 aromatic heterocycles. The molecule has 0 aliphatic carbocycles. The summed E-state index contributed by atoms with van der Waals surface area (Å²) in [7, 11) is 0. The van der Waals surface area contributed by atoms with Crippen LogP contribution in [0.4, 0.5) is 5.82 Å². The van der Waals surface area contributed by atoms with Crippen LogP contribution in [0.2, 0.25) is 0 Å². The molecule has 132 valence electrons. The Balaban J connectivity index is 1.87. The average Bonchev–Trinajstić information content (AvgIpc) is 2.63. The first kappa shape index (κ1) is 17.4. The van der Waals surface area contributed by atoms with Crippen molar-refractivity contribution in [2.75, 3.05) is 37.6 Å². The van der Waals surface area contributed by atoms with Crippen LogP contribution >= 0.6 is 0 Å². The number of carbonyl (C=O) groups is 1. The summed E-state index contributed by atoms with van der Waals surface area (Å²) in [6, 6.07) is 10.0. The number of rotatable bonds is 5. The smallest absolute Gasteiger partial charge is 0.317 e. The van der Waals surface area contributed by atoms with Gasteiger partial charge in [0.1, 0.15) is 5.82 Å². The summed E-state index contributed by atoms with van der Waals surface area (Å²) in [5, 5.41) is 8.95. The van der Waals surface area contributed by atoms with Gasteiger partial charge in [-0.15, -0.1) is 0 Å². The molecule has 1 saturated heterocycles. The van der Waals surface area contributed by atoms with Crippen LogP contribution in [0.3, 0.4) is 0 Å². The van der Waals surface area contributed by atoms with Gasteiger partial charge in [0.25, 0.3) is 0 Å². The van der Waals surface area contributed by atoms with Crippen molar-refractivity contribution in [3.05, 3.63) is 41.6 Å². The predicted octanol–water partition coefficient (Wildman–Crippen LogP) is 2.22. The van der Waals surface area contributed by atoms with Gasteiger partial charge in [-0.3, -0.25) is 9.69 Å². The maximum Gasteiger partial charge on any atom is 0.317 e. The Morgan fingerprint density at radius 2 is 1.80 bits per heavy atom. The van der Waals surface area contributed by atoms with E-state index in [1.54, 1.807) is 0 Å². The molecule has 1 aromatic carbocycles. The number of benzene rings is 1. The van der Waals surface area contributed by atoms with Gasteiger partial charge in [0.15, 0.2) is 5.82 Å². The summed E-state index contributed by atoms with van der Waals surface area (Å²) in [5.74, 6) is 0.956. The lowest BCUT2D eigenvalue weighted by molar-refractivity contribution is -0.138. The zero-order valence-corrected chi connectivity index (χ0v) is 14.8. The molecule has 25 heavy (non-hydrogen) atoms. The van der Waals surface area contributed by atoms with Crippen molar-refractivity contribution in [1.82, 2.24) is 14.9 Å². The van der Waals surface area contributed by atoms with E-state index in [1.807, 2.05) is 35.2 Å². The molecule has 0 spiro atoms. The SMILES string of the molecule is CCc1nc(-c2ccccc2)nc(N2CCN(CC(=O)O)CC2)c1C. The molecule has 0 amide bonds. The molecule has 0 saturated carbocycles. The topological polar surface area (TPSA) is 69.6 Å². The lowest BCUT2D eigenvalue weighted by atomic mass is 10.1. The van der Waals surface area contributed by atoms with Gasteiger partial charge in [0.2, 0.25) is 0 Å². The normalized spacial score (nSPS) is 15.4. The Morgan fingerprint density at radius 3 is 2.40 bits per heavy atom. The number of hydrogen-bond donors (Lipinski definition) is 1. The van der Waals surface area contributed by atoms with Crippen molar-refractivity contribution in [3.8, 4) is 11.4 Å². The van der Waals surface area contributed by atoms with Gasteiger partial charge in [0.05, 0.1) is 6.54 Å². The molecular formula is C19H24N4O2. The molecule has 2 aromatic rings. The molecule has 6 heteroatoms. The standard InChI is InChI=1S/C19H24N4O2/c1-3-16-14(2)19(21-18(20-16)15-7-5-4-6-8-15)23-11-9-22(10-12-23)13-17(24)25/h4-8H,3,9-13H2,1-2H3,(H,24,25). The lowest BCUT2D eigenvalue weighted by Gasteiger charge is -2.35. The first-order valence-electron chi connectivity index (χ1n) is 8.70. The number of nitrogens with zero attached hydrogens (tertiary/aromatic N) is 4. The highest BCUT2D eigenvalue weighted by molar-refractivity contribution is 5.69. The van der Waals surface area contributed by atoms with Crippen LogP contribution in [0.5, 0.6) is 0 Å². The minimum absolute atomic E-state index is 0.103. The summed E-state index contributed by atoms with van der Waals surface area (Å²) >= 11 is 0. The van der Waals surface area contributed by atoms with Crippen molar-refractivity contribution in [2.24, 2.45) is 0 Å². The largest absolute Gasteiger partial charge is 0.480 e. The Morgan fingerprint density at radius 1 is 1.12 bits per heavy atom. The van der Waals surface area contributed by atoms with E-state index < -0.39 is 5.97 Å². The van der Waals surface area contributed by atoms with Gasteiger partial charge in [0, 0.05) is 43.0 Å². The van der Waals surface area contributed by atoms with Crippen molar-refractivity contribution >= 4 is 11.8 Å². The van der Waals surface area contributed by atoms with E-state index in [0.29, 0.717) is 0 Å². The number of carboxylic acid groups (broad SMARTS) is 1. The fourth-order valence-corrected chi connectivity index (χ4v) is 3.23.